The molecule has 2 atom stereocenters. The van der Waals surface area contributed by atoms with E-state index in [9.17, 15) is 0 Å². The van der Waals surface area contributed by atoms with Crippen molar-refractivity contribution in [3.8, 4) is 0 Å². The average Bonchev–Trinajstić information content (AvgIpc) is 2.38. The molecule has 2 unspecified atom stereocenters. The van der Waals surface area contributed by atoms with Crippen molar-refractivity contribution in [2.45, 2.75) is 58.5 Å². The quantitative estimate of drug-likeness (QED) is 0.775. The Kier molecular flexibility index (Phi) is 6.70. The van der Waals surface area contributed by atoms with Gasteiger partial charge in [-0.15, -0.1) is 0 Å². The standard InChI is InChI=1S/C18H31NO/c1-14(2)17(13-20-6)19-15(3)12-18(4,5)16-10-8-7-9-11-16/h7-11,14-15,17,19H,12-13H2,1-6H3. The largest absolute Gasteiger partial charge is 0.383 e. The van der Waals surface area contributed by atoms with E-state index in [2.05, 4.69) is 70.3 Å². The second-order valence-corrected chi connectivity index (χ2v) is 6.83. The van der Waals surface area contributed by atoms with Crippen LogP contribution in [0.1, 0.15) is 46.6 Å². The van der Waals surface area contributed by atoms with Crippen LogP contribution in [0.15, 0.2) is 30.3 Å². The van der Waals surface area contributed by atoms with Crippen LogP contribution in [-0.4, -0.2) is 25.8 Å². The van der Waals surface area contributed by atoms with Gasteiger partial charge < -0.3 is 10.1 Å². The Morgan fingerprint density at radius 1 is 1.10 bits per heavy atom. The summed E-state index contributed by atoms with van der Waals surface area (Å²) in [5.74, 6) is 0.581. The number of hydrogen-bond acceptors (Lipinski definition) is 2. The summed E-state index contributed by atoms with van der Waals surface area (Å²) in [6.07, 6.45) is 1.12. The van der Waals surface area contributed by atoms with Gasteiger partial charge in [-0.25, -0.2) is 0 Å². The maximum Gasteiger partial charge on any atom is 0.0618 e. The monoisotopic (exact) mass is 277 g/mol. The lowest BCUT2D eigenvalue weighted by atomic mass is 9.79. The number of benzene rings is 1. The molecule has 0 aliphatic heterocycles. The predicted molar refractivity (Wildman–Crippen MR) is 87.2 cm³/mol. The summed E-state index contributed by atoms with van der Waals surface area (Å²) in [5, 5.41) is 3.72. The molecule has 1 aromatic carbocycles. The minimum absolute atomic E-state index is 0.183. The molecule has 0 bridgehead atoms. The SMILES string of the molecule is COCC(NC(C)CC(C)(C)c1ccccc1)C(C)C. The van der Waals surface area contributed by atoms with Crippen molar-refractivity contribution < 1.29 is 4.74 Å². The first-order valence-corrected chi connectivity index (χ1v) is 7.67. The highest BCUT2D eigenvalue weighted by Crippen LogP contribution is 2.28. The van der Waals surface area contributed by atoms with Crippen LogP contribution in [0.3, 0.4) is 0 Å². The van der Waals surface area contributed by atoms with Gasteiger partial charge >= 0.3 is 0 Å². The van der Waals surface area contributed by atoms with Crippen molar-refractivity contribution in [3.05, 3.63) is 35.9 Å². The molecule has 0 saturated carbocycles. The highest BCUT2D eigenvalue weighted by molar-refractivity contribution is 5.23. The van der Waals surface area contributed by atoms with E-state index >= 15 is 0 Å². The van der Waals surface area contributed by atoms with Crippen molar-refractivity contribution in [2.75, 3.05) is 13.7 Å². The Bertz CT molecular complexity index is 372. The molecule has 0 aliphatic rings. The zero-order chi connectivity index (χ0) is 15.2. The van der Waals surface area contributed by atoms with Crippen molar-refractivity contribution in [1.82, 2.24) is 5.32 Å². The van der Waals surface area contributed by atoms with Crippen molar-refractivity contribution in [1.29, 1.82) is 0 Å². The van der Waals surface area contributed by atoms with E-state index in [0.29, 0.717) is 18.0 Å². The first-order chi connectivity index (χ1) is 9.36. The Hall–Kier alpha value is -0.860. The normalized spacial score (nSPS) is 15.3. The maximum atomic E-state index is 5.32. The lowest BCUT2D eigenvalue weighted by Gasteiger charge is -2.32. The van der Waals surface area contributed by atoms with Gasteiger partial charge in [-0.05, 0) is 30.2 Å². The molecule has 0 fully saturated rings. The van der Waals surface area contributed by atoms with Gasteiger partial charge in [0.05, 0.1) is 6.61 Å². The van der Waals surface area contributed by atoms with Crippen LogP contribution in [0.5, 0.6) is 0 Å². The highest BCUT2D eigenvalue weighted by Gasteiger charge is 2.25. The van der Waals surface area contributed by atoms with E-state index in [4.69, 9.17) is 4.74 Å². The first kappa shape index (κ1) is 17.2. The smallest absolute Gasteiger partial charge is 0.0618 e. The number of rotatable bonds is 8. The van der Waals surface area contributed by atoms with E-state index in [0.717, 1.165) is 13.0 Å². The van der Waals surface area contributed by atoms with Crippen LogP contribution in [-0.2, 0) is 10.2 Å². The first-order valence-electron chi connectivity index (χ1n) is 7.67. The molecule has 0 saturated heterocycles. The van der Waals surface area contributed by atoms with Crippen molar-refractivity contribution in [3.63, 3.8) is 0 Å². The van der Waals surface area contributed by atoms with Gasteiger partial charge in [0.2, 0.25) is 0 Å². The van der Waals surface area contributed by atoms with E-state index < -0.39 is 0 Å². The molecule has 1 N–H and O–H groups in total. The van der Waals surface area contributed by atoms with Gasteiger partial charge in [0.15, 0.2) is 0 Å². The molecule has 1 aromatic rings. The molecule has 114 valence electrons. The number of nitrogens with one attached hydrogen (secondary N) is 1. The van der Waals surface area contributed by atoms with Crippen LogP contribution in [0.4, 0.5) is 0 Å². The number of ether oxygens (including phenoxy) is 1. The zero-order valence-electron chi connectivity index (χ0n) is 13.9. The average molecular weight is 277 g/mol. The van der Waals surface area contributed by atoms with E-state index in [-0.39, 0.29) is 5.41 Å². The molecule has 20 heavy (non-hydrogen) atoms. The van der Waals surface area contributed by atoms with Gasteiger partial charge in [0.25, 0.3) is 0 Å². The molecule has 0 amide bonds. The second-order valence-electron chi connectivity index (χ2n) is 6.83. The minimum Gasteiger partial charge on any atom is -0.383 e. The third-order valence-corrected chi connectivity index (χ3v) is 4.02. The summed E-state index contributed by atoms with van der Waals surface area (Å²) < 4.78 is 5.32. The summed E-state index contributed by atoms with van der Waals surface area (Å²) in [7, 11) is 1.77. The van der Waals surface area contributed by atoms with Gasteiger partial charge in [-0.3, -0.25) is 0 Å². The lowest BCUT2D eigenvalue weighted by Crippen LogP contribution is -2.45. The zero-order valence-corrected chi connectivity index (χ0v) is 13.9. The maximum absolute atomic E-state index is 5.32. The fourth-order valence-electron chi connectivity index (χ4n) is 2.81. The lowest BCUT2D eigenvalue weighted by molar-refractivity contribution is 0.138. The van der Waals surface area contributed by atoms with Crippen LogP contribution < -0.4 is 5.32 Å². The van der Waals surface area contributed by atoms with Crippen molar-refractivity contribution >= 4 is 0 Å². The van der Waals surface area contributed by atoms with Gasteiger partial charge in [-0.1, -0.05) is 58.0 Å². The molecular weight excluding hydrogens is 246 g/mol. The molecule has 0 radical (unpaired) electrons. The molecule has 1 rings (SSSR count). The molecule has 2 nitrogen and oxygen atoms in total. The third kappa shape index (κ3) is 5.26. The van der Waals surface area contributed by atoms with E-state index in [1.807, 2.05) is 0 Å². The molecule has 0 aliphatic carbocycles. The van der Waals surface area contributed by atoms with Crippen LogP contribution in [0, 0.1) is 5.92 Å². The summed E-state index contributed by atoms with van der Waals surface area (Å²) in [5.41, 5.74) is 1.59. The number of hydrogen-bond donors (Lipinski definition) is 1. The number of methoxy groups -OCH3 is 1. The van der Waals surface area contributed by atoms with Crippen LogP contribution in [0.25, 0.3) is 0 Å². The Balaban J connectivity index is 2.62. The van der Waals surface area contributed by atoms with Crippen LogP contribution >= 0.6 is 0 Å². The Morgan fingerprint density at radius 3 is 2.20 bits per heavy atom. The summed E-state index contributed by atoms with van der Waals surface area (Å²) in [6, 6.07) is 11.7. The summed E-state index contributed by atoms with van der Waals surface area (Å²) >= 11 is 0. The molecule has 0 aromatic heterocycles. The summed E-state index contributed by atoms with van der Waals surface area (Å²) in [4.78, 5) is 0. The van der Waals surface area contributed by atoms with Gasteiger partial charge in [0.1, 0.15) is 0 Å². The Labute approximate surface area is 124 Å². The fraction of sp³-hybridized carbons (Fsp3) is 0.667. The van der Waals surface area contributed by atoms with E-state index in [1.54, 1.807) is 7.11 Å². The molecular formula is C18H31NO. The predicted octanol–water partition coefficient (Wildman–Crippen LogP) is 4.00. The van der Waals surface area contributed by atoms with E-state index in [1.165, 1.54) is 5.56 Å². The topological polar surface area (TPSA) is 21.3 Å². The highest BCUT2D eigenvalue weighted by atomic mass is 16.5. The Morgan fingerprint density at radius 2 is 1.70 bits per heavy atom. The third-order valence-electron chi connectivity index (χ3n) is 4.02. The molecule has 0 heterocycles. The van der Waals surface area contributed by atoms with Gasteiger partial charge in [0, 0.05) is 19.2 Å². The molecule has 2 heteroatoms. The van der Waals surface area contributed by atoms with Crippen molar-refractivity contribution in [2.24, 2.45) is 5.92 Å². The second kappa shape index (κ2) is 7.80. The summed E-state index contributed by atoms with van der Waals surface area (Å²) in [6.45, 7) is 12.2. The van der Waals surface area contributed by atoms with Crippen LogP contribution in [0.2, 0.25) is 0 Å². The van der Waals surface area contributed by atoms with Gasteiger partial charge in [-0.2, -0.15) is 0 Å². The minimum atomic E-state index is 0.183. The molecule has 0 spiro atoms. The fourth-order valence-corrected chi connectivity index (χ4v) is 2.81.